The number of hydrogen-bond acceptors (Lipinski definition) is 3. The molecule has 3 N–H and O–H groups in total. The molecule has 0 saturated carbocycles. The summed E-state index contributed by atoms with van der Waals surface area (Å²) in [7, 11) is 1.89. The summed E-state index contributed by atoms with van der Waals surface area (Å²) in [5.74, 6) is 0. The van der Waals surface area contributed by atoms with Crippen molar-refractivity contribution < 1.29 is 5.11 Å². The van der Waals surface area contributed by atoms with E-state index in [1.165, 1.54) is 0 Å². The van der Waals surface area contributed by atoms with Crippen molar-refractivity contribution in [3.8, 4) is 0 Å². The molecule has 1 saturated heterocycles. The molecular formula is C8H18N2O. The molecule has 1 aliphatic rings. The minimum Gasteiger partial charge on any atom is -0.389 e. The van der Waals surface area contributed by atoms with E-state index < -0.39 is 5.60 Å². The Balaban J connectivity index is 2.38. The molecule has 0 radical (unpaired) electrons. The van der Waals surface area contributed by atoms with Gasteiger partial charge in [0.2, 0.25) is 0 Å². The quantitative estimate of drug-likeness (QED) is 0.517. The predicted molar refractivity (Wildman–Crippen MR) is 45.6 cm³/mol. The van der Waals surface area contributed by atoms with Gasteiger partial charge in [-0.05, 0) is 39.4 Å². The standard InChI is InChI=1S/C8H18N2O/c1-9-7-8(11)3-2-5-10-6-4-8/h9-11H,2-7H2,1H3. The van der Waals surface area contributed by atoms with Crippen LogP contribution in [-0.4, -0.2) is 37.4 Å². The zero-order valence-corrected chi connectivity index (χ0v) is 7.19. The van der Waals surface area contributed by atoms with E-state index in [0.29, 0.717) is 6.54 Å². The van der Waals surface area contributed by atoms with E-state index in [9.17, 15) is 5.11 Å². The Morgan fingerprint density at radius 1 is 1.45 bits per heavy atom. The van der Waals surface area contributed by atoms with Crippen molar-refractivity contribution in [2.75, 3.05) is 26.7 Å². The van der Waals surface area contributed by atoms with E-state index in [4.69, 9.17) is 0 Å². The second kappa shape index (κ2) is 4.04. The van der Waals surface area contributed by atoms with Gasteiger partial charge in [-0.2, -0.15) is 0 Å². The van der Waals surface area contributed by atoms with E-state index in [-0.39, 0.29) is 0 Å². The Morgan fingerprint density at radius 3 is 3.00 bits per heavy atom. The lowest BCUT2D eigenvalue weighted by molar-refractivity contribution is 0.0303. The molecule has 3 heteroatoms. The van der Waals surface area contributed by atoms with Crippen LogP contribution < -0.4 is 10.6 Å². The molecule has 0 aromatic rings. The van der Waals surface area contributed by atoms with Gasteiger partial charge in [-0.25, -0.2) is 0 Å². The summed E-state index contributed by atoms with van der Waals surface area (Å²) in [6, 6.07) is 0. The molecule has 0 bridgehead atoms. The number of likely N-dealkylation sites (N-methyl/N-ethyl adjacent to an activating group) is 1. The van der Waals surface area contributed by atoms with Gasteiger partial charge in [-0.3, -0.25) is 0 Å². The number of nitrogens with one attached hydrogen (secondary N) is 2. The van der Waals surface area contributed by atoms with Gasteiger partial charge < -0.3 is 15.7 Å². The van der Waals surface area contributed by atoms with E-state index >= 15 is 0 Å². The molecule has 1 unspecified atom stereocenters. The van der Waals surface area contributed by atoms with Crippen molar-refractivity contribution in [3.05, 3.63) is 0 Å². The van der Waals surface area contributed by atoms with Gasteiger partial charge in [-0.15, -0.1) is 0 Å². The third kappa shape index (κ3) is 2.77. The molecule has 0 aliphatic carbocycles. The number of hydrogen-bond donors (Lipinski definition) is 3. The van der Waals surface area contributed by atoms with Gasteiger partial charge in [0.05, 0.1) is 5.60 Å². The fourth-order valence-corrected chi connectivity index (χ4v) is 1.62. The van der Waals surface area contributed by atoms with Gasteiger partial charge in [0, 0.05) is 6.54 Å². The van der Waals surface area contributed by atoms with Crippen molar-refractivity contribution in [3.63, 3.8) is 0 Å². The van der Waals surface area contributed by atoms with Crippen molar-refractivity contribution in [2.24, 2.45) is 0 Å². The van der Waals surface area contributed by atoms with Crippen molar-refractivity contribution in [1.29, 1.82) is 0 Å². The molecule has 0 aromatic heterocycles. The molecule has 1 rings (SSSR count). The molecule has 3 nitrogen and oxygen atoms in total. The van der Waals surface area contributed by atoms with Gasteiger partial charge in [0.15, 0.2) is 0 Å². The maximum atomic E-state index is 9.95. The zero-order valence-electron chi connectivity index (χ0n) is 7.19. The monoisotopic (exact) mass is 158 g/mol. The van der Waals surface area contributed by atoms with Crippen LogP contribution in [0.25, 0.3) is 0 Å². The van der Waals surface area contributed by atoms with Gasteiger partial charge >= 0.3 is 0 Å². The Kier molecular flexibility index (Phi) is 3.30. The molecule has 0 amide bonds. The molecule has 11 heavy (non-hydrogen) atoms. The lowest BCUT2D eigenvalue weighted by Gasteiger charge is -2.25. The van der Waals surface area contributed by atoms with Gasteiger partial charge in [0.25, 0.3) is 0 Å². The molecule has 0 aromatic carbocycles. The minimum atomic E-state index is -0.460. The topological polar surface area (TPSA) is 44.3 Å². The summed E-state index contributed by atoms with van der Waals surface area (Å²) in [4.78, 5) is 0. The number of rotatable bonds is 2. The van der Waals surface area contributed by atoms with Crippen LogP contribution in [-0.2, 0) is 0 Å². The summed E-state index contributed by atoms with van der Waals surface area (Å²) in [6.45, 7) is 2.71. The highest BCUT2D eigenvalue weighted by molar-refractivity contribution is 4.83. The average molecular weight is 158 g/mol. The highest BCUT2D eigenvalue weighted by Crippen LogP contribution is 2.17. The Hall–Kier alpha value is -0.120. The normalized spacial score (nSPS) is 33.3. The van der Waals surface area contributed by atoms with Crippen LogP contribution in [0.3, 0.4) is 0 Å². The molecule has 1 aliphatic heterocycles. The van der Waals surface area contributed by atoms with Crippen LogP contribution >= 0.6 is 0 Å². The Morgan fingerprint density at radius 2 is 2.27 bits per heavy atom. The van der Waals surface area contributed by atoms with Crippen LogP contribution in [0.15, 0.2) is 0 Å². The third-order valence-electron chi connectivity index (χ3n) is 2.27. The maximum absolute atomic E-state index is 9.95. The van der Waals surface area contributed by atoms with Gasteiger partial charge in [0.1, 0.15) is 0 Å². The molecule has 0 spiro atoms. The van der Waals surface area contributed by atoms with Crippen molar-refractivity contribution >= 4 is 0 Å². The highest BCUT2D eigenvalue weighted by Gasteiger charge is 2.26. The lowest BCUT2D eigenvalue weighted by atomic mass is 9.95. The first-order chi connectivity index (χ1) is 5.27. The van der Waals surface area contributed by atoms with Crippen LogP contribution in [0.1, 0.15) is 19.3 Å². The maximum Gasteiger partial charge on any atom is 0.0784 e. The Labute approximate surface area is 68.2 Å². The molecule has 1 fully saturated rings. The smallest absolute Gasteiger partial charge is 0.0784 e. The predicted octanol–water partition coefficient (Wildman–Crippen LogP) is -0.290. The van der Waals surface area contributed by atoms with E-state index in [1.54, 1.807) is 0 Å². The zero-order chi connectivity index (χ0) is 8.16. The van der Waals surface area contributed by atoms with E-state index in [1.807, 2.05) is 7.05 Å². The molecule has 66 valence electrons. The molecular weight excluding hydrogens is 140 g/mol. The van der Waals surface area contributed by atoms with Crippen molar-refractivity contribution in [2.45, 2.75) is 24.9 Å². The third-order valence-corrected chi connectivity index (χ3v) is 2.27. The first-order valence-electron chi connectivity index (χ1n) is 4.34. The first-order valence-corrected chi connectivity index (χ1v) is 4.34. The first kappa shape index (κ1) is 8.97. The fourth-order valence-electron chi connectivity index (χ4n) is 1.62. The van der Waals surface area contributed by atoms with Crippen LogP contribution in [0.2, 0.25) is 0 Å². The summed E-state index contributed by atoms with van der Waals surface area (Å²) in [5, 5.41) is 16.2. The van der Waals surface area contributed by atoms with Gasteiger partial charge in [-0.1, -0.05) is 0 Å². The average Bonchev–Trinajstić information content (AvgIpc) is 2.15. The minimum absolute atomic E-state index is 0.460. The fraction of sp³-hybridized carbons (Fsp3) is 1.00. The lowest BCUT2D eigenvalue weighted by Crippen LogP contribution is -2.39. The van der Waals surface area contributed by atoms with E-state index in [2.05, 4.69) is 10.6 Å². The summed E-state index contributed by atoms with van der Waals surface area (Å²) in [6.07, 6.45) is 2.87. The van der Waals surface area contributed by atoms with Crippen LogP contribution in [0.5, 0.6) is 0 Å². The van der Waals surface area contributed by atoms with Crippen molar-refractivity contribution in [1.82, 2.24) is 10.6 Å². The SMILES string of the molecule is CNCC1(O)CCCNCC1. The second-order valence-corrected chi connectivity index (χ2v) is 3.36. The summed E-state index contributed by atoms with van der Waals surface area (Å²) >= 11 is 0. The van der Waals surface area contributed by atoms with Crippen LogP contribution in [0.4, 0.5) is 0 Å². The highest BCUT2D eigenvalue weighted by atomic mass is 16.3. The largest absolute Gasteiger partial charge is 0.389 e. The van der Waals surface area contributed by atoms with Crippen LogP contribution in [0, 0.1) is 0 Å². The van der Waals surface area contributed by atoms with E-state index in [0.717, 1.165) is 32.4 Å². The second-order valence-electron chi connectivity index (χ2n) is 3.36. The molecule has 1 heterocycles. The number of aliphatic hydroxyl groups is 1. The summed E-state index contributed by atoms with van der Waals surface area (Å²) in [5.41, 5.74) is -0.460. The summed E-state index contributed by atoms with van der Waals surface area (Å²) < 4.78 is 0. The molecule has 1 atom stereocenters. The Bertz CT molecular complexity index is 109.